The molecule has 2 aromatic carbocycles. The Morgan fingerprint density at radius 2 is 1.71 bits per heavy atom. The molecule has 0 aliphatic heterocycles. The van der Waals surface area contributed by atoms with Crippen molar-refractivity contribution in [2.75, 3.05) is 10.0 Å². The molecule has 28 heavy (non-hydrogen) atoms. The molecule has 1 heterocycles. The van der Waals surface area contributed by atoms with Gasteiger partial charge in [0.05, 0.1) is 5.69 Å². The van der Waals surface area contributed by atoms with E-state index in [1.165, 1.54) is 0 Å². The molecule has 0 atom stereocenters. The Morgan fingerprint density at radius 3 is 2.39 bits per heavy atom. The quantitative estimate of drug-likeness (QED) is 0.591. The van der Waals surface area contributed by atoms with Gasteiger partial charge in [-0.2, -0.15) is 8.42 Å². The van der Waals surface area contributed by atoms with Gasteiger partial charge in [-0.15, -0.1) is 10.2 Å². The van der Waals surface area contributed by atoms with Crippen LogP contribution in [-0.2, 0) is 10.0 Å². The molecule has 3 aromatic rings. The average Bonchev–Trinajstić information content (AvgIpc) is 3.11. The Morgan fingerprint density at radius 1 is 1.04 bits per heavy atom. The van der Waals surface area contributed by atoms with E-state index in [1.54, 1.807) is 24.3 Å². The molecule has 0 unspecified atom stereocenters. The van der Waals surface area contributed by atoms with Crippen LogP contribution < -0.4 is 10.0 Å². The molecule has 0 bridgehead atoms. The Hall–Kier alpha value is -2.78. The number of carbonyl (C=O) groups is 1. The van der Waals surface area contributed by atoms with E-state index in [1.807, 2.05) is 45.0 Å². The number of sulfonamides is 1. The highest BCUT2D eigenvalue weighted by atomic mass is 32.2. The maximum Gasteiger partial charge on any atom is 0.291 e. The smallest absolute Gasteiger partial charge is 0.291 e. The van der Waals surface area contributed by atoms with Crippen LogP contribution in [0, 0.1) is 6.92 Å². The average molecular weight is 417 g/mol. The number of aromatic nitrogens is 2. The Balaban J connectivity index is 1.77. The normalized spacial score (nSPS) is 11.4. The second kappa shape index (κ2) is 8.07. The van der Waals surface area contributed by atoms with Crippen LogP contribution in [0.25, 0.3) is 0 Å². The lowest BCUT2D eigenvalue weighted by Crippen LogP contribution is -2.14. The third-order valence-electron chi connectivity index (χ3n) is 4.00. The molecule has 3 rings (SSSR count). The van der Waals surface area contributed by atoms with Gasteiger partial charge in [0, 0.05) is 5.56 Å². The zero-order valence-corrected chi connectivity index (χ0v) is 17.3. The molecule has 0 saturated carbocycles. The maximum absolute atomic E-state index is 12.7. The molecule has 1 amide bonds. The van der Waals surface area contributed by atoms with Crippen LogP contribution in [0.4, 0.5) is 10.8 Å². The van der Waals surface area contributed by atoms with E-state index in [4.69, 9.17) is 0 Å². The van der Waals surface area contributed by atoms with Crippen LogP contribution in [0.5, 0.6) is 0 Å². The van der Waals surface area contributed by atoms with Gasteiger partial charge in [0.2, 0.25) is 5.13 Å². The highest BCUT2D eigenvalue weighted by molar-refractivity contribution is 7.94. The lowest BCUT2D eigenvalue weighted by molar-refractivity contribution is 0.102. The largest absolute Gasteiger partial charge is 0.296 e. The number of hydrogen-bond donors (Lipinski definition) is 2. The van der Waals surface area contributed by atoms with Gasteiger partial charge in [-0.3, -0.25) is 14.8 Å². The Labute approximate surface area is 167 Å². The number of aryl methyl sites for hydroxylation is 1. The second-order valence-electron chi connectivity index (χ2n) is 6.54. The van der Waals surface area contributed by atoms with Gasteiger partial charge in [-0.1, -0.05) is 61.1 Å². The van der Waals surface area contributed by atoms with Gasteiger partial charge in [-0.25, -0.2) is 0 Å². The molecule has 146 valence electrons. The molecule has 7 nitrogen and oxygen atoms in total. The summed E-state index contributed by atoms with van der Waals surface area (Å²) in [6.07, 6.45) is 0. The fourth-order valence-electron chi connectivity index (χ4n) is 2.52. The van der Waals surface area contributed by atoms with Crippen molar-refractivity contribution in [1.82, 2.24) is 10.2 Å². The van der Waals surface area contributed by atoms with Gasteiger partial charge in [0.1, 0.15) is 0 Å². The molecule has 0 radical (unpaired) electrons. The number of nitrogens with zero attached hydrogens (tertiary/aromatic N) is 2. The summed E-state index contributed by atoms with van der Waals surface area (Å²) in [5, 5.41) is 10.2. The van der Waals surface area contributed by atoms with E-state index >= 15 is 0 Å². The van der Waals surface area contributed by atoms with Crippen molar-refractivity contribution in [3.8, 4) is 0 Å². The summed E-state index contributed by atoms with van der Waals surface area (Å²) in [4.78, 5) is 12.3. The van der Waals surface area contributed by atoms with E-state index in [0.717, 1.165) is 22.5 Å². The maximum atomic E-state index is 12.7. The number of anilines is 2. The minimum absolute atomic E-state index is 0.114. The minimum atomic E-state index is -3.91. The lowest BCUT2D eigenvalue weighted by atomic mass is 10.0. The monoisotopic (exact) mass is 416 g/mol. The van der Waals surface area contributed by atoms with Crippen molar-refractivity contribution in [3.63, 3.8) is 0 Å². The summed E-state index contributed by atoms with van der Waals surface area (Å²) < 4.78 is 27.7. The fourth-order valence-corrected chi connectivity index (χ4v) is 4.51. The summed E-state index contributed by atoms with van der Waals surface area (Å²) >= 11 is 0.795. The molecule has 0 spiro atoms. The molecule has 2 N–H and O–H groups in total. The summed E-state index contributed by atoms with van der Waals surface area (Å²) in [6, 6.07) is 14.2. The topological polar surface area (TPSA) is 101 Å². The number of carbonyl (C=O) groups excluding carboxylic acids is 1. The molecular weight excluding hydrogens is 396 g/mol. The number of nitrogens with one attached hydrogen (secondary N) is 2. The zero-order valence-electron chi connectivity index (χ0n) is 15.6. The van der Waals surface area contributed by atoms with Gasteiger partial charge >= 0.3 is 0 Å². The number of para-hydroxylation sites is 1. The van der Waals surface area contributed by atoms with Crippen molar-refractivity contribution in [2.45, 2.75) is 31.0 Å². The van der Waals surface area contributed by atoms with Crippen LogP contribution in [0.2, 0.25) is 0 Å². The first-order valence-corrected chi connectivity index (χ1v) is 10.9. The SMILES string of the molecule is Cc1ccc(C(=O)Nc2nnc(S(=O)(=O)Nc3ccccc3C(C)C)s2)cc1. The van der Waals surface area contributed by atoms with Crippen LogP contribution in [0.15, 0.2) is 52.9 Å². The number of benzene rings is 2. The second-order valence-corrected chi connectivity index (χ2v) is 9.37. The summed E-state index contributed by atoms with van der Waals surface area (Å²) in [6.45, 7) is 5.89. The first kappa shape index (κ1) is 20.0. The molecule has 0 fully saturated rings. The van der Waals surface area contributed by atoms with Crippen molar-refractivity contribution in [3.05, 3.63) is 65.2 Å². The Bertz CT molecular complexity index is 1090. The van der Waals surface area contributed by atoms with Crippen LogP contribution >= 0.6 is 11.3 Å². The standard InChI is InChI=1S/C19H20N4O3S2/c1-12(2)15-6-4-5-7-16(15)23-28(25,26)19-22-21-18(27-19)20-17(24)14-10-8-13(3)9-11-14/h4-12,23H,1-3H3,(H,20,21,24). The predicted octanol–water partition coefficient (Wildman–Crippen LogP) is 4.02. The molecule has 9 heteroatoms. The van der Waals surface area contributed by atoms with Crippen molar-refractivity contribution < 1.29 is 13.2 Å². The summed E-state index contributed by atoms with van der Waals surface area (Å²) in [5.74, 6) is -0.226. The first-order valence-electron chi connectivity index (χ1n) is 8.59. The highest BCUT2D eigenvalue weighted by Gasteiger charge is 2.22. The third kappa shape index (κ3) is 4.55. The number of amides is 1. The van der Waals surface area contributed by atoms with Crippen molar-refractivity contribution in [1.29, 1.82) is 0 Å². The van der Waals surface area contributed by atoms with Gasteiger partial charge in [-0.05, 0) is 36.6 Å². The summed E-state index contributed by atoms with van der Waals surface area (Å²) in [5.41, 5.74) is 2.87. The van der Waals surface area contributed by atoms with Gasteiger partial charge in [0.25, 0.3) is 20.3 Å². The third-order valence-corrected chi connectivity index (χ3v) is 6.57. The van der Waals surface area contributed by atoms with Crippen LogP contribution in [0.1, 0.15) is 41.3 Å². The van der Waals surface area contributed by atoms with E-state index in [2.05, 4.69) is 20.2 Å². The molecule has 0 aliphatic rings. The first-order chi connectivity index (χ1) is 13.3. The predicted molar refractivity (Wildman–Crippen MR) is 110 cm³/mol. The Kier molecular flexibility index (Phi) is 5.76. The van der Waals surface area contributed by atoms with E-state index in [-0.39, 0.29) is 21.3 Å². The van der Waals surface area contributed by atoms with Gasteiger partial charge in [0.15, 0.2) is 0 Å². The lowest BCUT2D eigenvalue weighted by Gasteiger charge is -2.13. The molecular formula is C19H20N4O3S2. The van der Waals surface area contributed by atoms with E-state index in [9.17, 15) is 13.2 Å². The van der Waals surface area contributed by atoms with Crippen molar-refractivity contribution >= 4 is 38.1 Å². The van der Waals surface area contributed by atoms with Crippen LogP contribution in [0.3, 0.4) is 0 Å². The van der Waals surface area contributed by atoms with E-state index in [0.29, 0.717) is 11.3 Å². The zero-order chi connectivity index (χ0) is 20.3. The van der Waals surface area contributed by atoms with Crippen LogP contribution in [-0.4, -0.2) is 24.5 Å². The van der Waals surface area contributed by atoms with E-state index < -0.39 is 10.0 Å². The summed E-state index contributed by atoms with van der Waals surface area (Å²) in [7, 11) is -3.91. The van der Waals surface area contributed by atoms with Crippen molar-refractivity contribution in [2.24, 2.45) is 0 Å². The molecule has 0 aliphatic carbocycles. The molecule has 1 aromatic heterocycles. The number of hydrogen-bond acceptors (Lipinski definition) is 6. The highest BCUT2D eigenvalue weighted by Crippen LogP contribution is 2.28. The minimum Gasteiger partial charge on any atom is -0.296 e. The van der Waals surface area contributed by atoms with Gasteiger partial charge < -0.3 is 0 Å². The fraction of sp³-hybridized carbons (Fsp3) is 0.211. The molecule has 0 saturated heterocycles. The number of rotatable bonds is 6.